The van der Waals surface area contributed by atoms with E-state index in [2.05, 4.69) is 0 Å². The monoisotopic (exact) mass is 360 g/mol. The van der Waals surface area contributed by atoms with Crippen LogP contribution in [0.1, 0.15) is 15.2 Å². The first kappa shape index (κ1) is 14.8. The van der Waals surface area contributed by atoms with E-state index in [4.69, 9.17) is 27.9 Å². The van der Waals surface area contributed by atoms with Crippen LogP contribution in [0.4, 0.5) is 4.39 Å². The number of thiophene rings is 2. The summed E-state index contributed by atoms with van der Waals surface area (Å²) >= 11 is 14.2. The molecule has 0 aliphatic heterocycles. The van der Waals surface area contributed by atoms with Gasteiger partial charge in [0.1, 0.15) is 11.5 Å². The Morgan fingerprint density at radius 1 is 1.24 bits per heavy atom. The van der Waals surface area contributed by atoms with Crippen molar-refractivity contribution in [3.63, 3.8) is 0 Å². The molecule has 0 bridgehead atoms. The highest BCUT2D eigenvalue weighted by Crippen LogP contribution is 2.33. The zero-order valence-corrected chi connectivity index (χ0v) is 13.5. The molecule has 0 aliphatic rings. The predicted octanol–water partition coefficient (Wildman–Crippen LogP) is 5.77. The van der Waals surface area contributed by atoms with Gasteiger partial charge in [-0.1, -0.05) is 29.3 Å². The van der Waals surface area contributed by atoms with Gasteiger partial charge in [-0.05, 0) is 17.7 Å². The lowest BCUT2D eigenvalue weighted by Crippen LogP contribution is -2.05. The third kappa shape index (κ3) is 2.92. The summed E-state index contributed by atoms with van der Waals surface area (Å²) in [5.41, 5.74) is 0.691. The summed E-state index contributed by atoms with van der Waals surface area (Å²) in [4.78, 5) is 11.9. The molecule has 0 unspecified atom stereocenters. The third-order valence-electron chi connectivity index (χ3n) is 2.81. The summed E-state index contributed by atoms with van der Waals surface area (Å²) in [6.07, 6.45) is 0. The molecule has 0 spiro atoms. The molecule has 21 heavy (non-hydrogen) atoms. The summed E-state index contributed by atoms with van der Waals surface area (Å²) < 4.78 is 19.9. The van der Waals surface area contributed by atoms with E-state index in [1.807, 2.05) is 0 Å². The minimum atomic E-state index is -0.676. The topological polar surface area (TPSA) is 26.3 Å². The Morgan fingerprint density at radius 2 is 2.05 bits per heavy atom. The first-order chi connectivity index (χ1) is 10.1. The first-order valence-corrected chi connectivity index (χ1v) is 8.33. The molecule has 0 fully saturated rings. The number of hydrogen-bond donors (Lipinski definition) is 0. The minimum absolute atomic E-state index is 0.00661. The van der Waals surface area contributed by atoms with Crippen molar-refractivity contribution in [3.8, 4) is 0 Å². The van der Waals surface area contributed by atoms with Gasteiger partial charge in [-0.3, -0.25) is 0 Å². The second kappa shape index (κ2) is 5.93. The Bertz CT molecular complexity index is 826. The van der Waals surface area contributed by atoms with Crippen molar-refractivity contribution in [1.82, 2.24) is 0 Å². The summed E-state index contributed by atoms with van der Waals surface area (Å²) in [5.74, 6) is -1.19. The Labute approximate surface area is 137 Å². The molecule has 7 heteroatoms. The number of carbonyl (C=O) groups is 1. The van der Waals surface area contributed by atoms with E-state index >= 15 is 0 Å². The van der Waals surface area contributed by atoms with Crippen LogP contribution in [0, 0.1) is 5.82 Å². The number of hydrogen-bond acceptors (Lipinski definition) is 4. The van der Waals surface area contributed by atoms with Crippen LogP contribution >= 0.6 is 45.9 Å². The van der Waals surface area contributed by atoms with Crippen LogP contribution < -0.4 is 0 Å². The summed E-state index contributed by atoms with van der Waals surface area (Å²) in [7, 11) is 0. The zero-order chi connectivity index (χ0) is 15.0. The van der Waals surface area contributed by atoms with E-state index in [9.17, 15) is 9.18 Å². The average Bonchev–Trinajstić information content (AvgIpc) is 3.03. The van der Waals surface area contributed by atoms with E-state index in [0.29, 0.717) is 21.0 Å². The predicted molar refractivity (Wildman–Crippen MR) is 85.2 cm³/mol. The average molecular weight is 361 g/mol. The smallest absolute Gasteiger partial charge is 0.351 e. The van der Waals surface area contributed by atoms with Gasteiger partial charge in [0.15, 0.2) is 5.82 Å². The standard InChI is InChI=1S/C14H7Cl2FO2S2/c15-9-2-1-7(3-10(9)16)4-19-14(18)13-12(17)8-5-20-6-11(8)21-13/h1-3,5-6H,4H2. The lowest BCUT2D eigenvalue weighted by molar-refractivity contribution is 0.0474. The Balaban J connectivity index is 1.75. The Kier molecular flexibility index (Phi) is 4.17. The summed E-state index contributed by atoms with van der Waals surface area (Å²) in [5, 5.41) is 4.76. The van der Waals surface area contributed by atoms with Crippen LogP contribution in [0.25, 0.3) is 10.1 Å². The lowest BCUT2D eigenvalue weighted by atomic mass is 10.2. The molecule has 108 valence electrons. The number of rotatable bonds is 3. The fraction of sp³-hybridized carbons (Fsp3) is 0.0714. The second-order valence-electron chi connectivity index (χ2n) is 4.22. The third-order valence-corrected chi connectivity index (χ3v) is 5.55. The van der Waals surface area contributed by atoms with Gasteiger partial charge in [0.05, 0.1) is 10.0 Å². The first-order valence-electron chi connectivity index (χ1n) is 5.81. The molecule has 0 saturated heterocycles. The van der Waals surface area contributed by atoms with Gasteiger partial charge in [-0.25, -0.2) is 9.18 Å². The SMILES string of the molecule is O=C(OCc1ccc(Cl)c(Cl)c1)c1sc2cscc2c1F. The molecule has 0 atom stereocenters. The normalized spacial score (nSPS) is 11.0. The lowest BCUT2D eigenvalue weighted by Gasteiger charge is -2.05. The van der Waals surface area contributed by atoms with Crippen molar-refractivity contribution in [2.24, 2.45) is 0 Å². The van der Waals surface area contributed by atoms with Gasteiger partial charge < -0.3 is 4.74 Å². The molecular weight excluding hydrogens is 354 g/mol. The van der Waals surface area contributed by atoms with E-state index in [1.165, 1.54) is 11.3 Å². The number of esters is 1. The molecule has 2 heterocycles. The molecule has 2 aromatic heterocycles. The molecule has 3 rings (SSSR count). The van der Waals surface area contributed by atoms with Crippen LogP contribution in [0.3, 0.4) is 0 Å². The largest absolute Gasteiger partial charge is 0.457 e. The fourth-order valence-electron chi connectivity index (χ4n) is 1.78. The van der Waals surface area contributed by atoms with Gasteiger partial charge in [0.25, 0.3) is 0 Å². The molecule has 0 saturated carbocycles. The fourth-order valence-corrected chi connectivity index (χ4v) is 4.04. The zero-order valence-electron chi connectivity index (χ0n) is 10.4. The maximum Gasteiger partial charge on any atom is 0.351 e. The molecule has 2 nitrogen and oxygen atoms in total. The molecule has 0 radical (unpaired) electrons. The van der Waals surface area contributed by atoms with Gasteiger partial charge in [-0.2, -0.15) is 11.3 Å². The molecule has 0 N–H and O–H groups in total. The Hall–Kier alpha value is -1.14. The second-order valence-corrected chi connectivity index (χ2v) is 6.83. The van der Waals surface area contributed by atoms with Crippen molar-refractivity contribution in [2.75, 3.05) is 0 Å². The summed E-state index contributed by atoms with van der Waals surface area (Å²) in [6.45, 7) is 0.0138. The molecular formula is C14H7Cl2FO2S2. The Morgan fingerprint density at radius 3 is 2.76 bits per heavy atom. The maximum atomic E-state index is 14.0. The van der Waals surface area contributed by atoms with Crippen LogP contribution in [-0.2, 0) is 11.3 Å². The number of carbonyl (C=O) groups excluding carboxylic acids is 1. The van der Waals surface area contributed by atoms with Gasteiger partial charge in [0.2, 0.25) is 0 Å². The van der Waals surface area contributed by atoms with Crippen molar-refractivity contribution >= 4 is 61.9 Å². The molecule has 0 amide bonds. The van der Waals surface area contributed by atoms with Gasteiger partial charge >= 0.3 is 5.97 Å². The van der Waals surface area contributed by atoms with Crippen LogP contribution in [0.5, 0.6) is 0 Å². The summed E-state index contributed by atoms with van der Waals surface area (Å²) in [6, 6.07) is 4.93. The van der Waals surface area contributed by atoms with Crippen molar-refractivity contribution in [3.05, 3.63) is 55.3 Å². The highest BCUT2D eigenvalue weighted by atomic mass is 35.5. The van der Waals surface area contributed by atoms with Crippen molar-refractivity contribution in [1.29, 1.82) is 0 Å². The van der Waals surface area contributed by atoms with E-state index < -0.39 is 11.8 Å². The van der Waals surface area contributed by atoms with E-state index in [1.54, 1.807) is 29.0 Å². The van der Waals surface area contributed by atoms with Crippen molar-refractivity contribution in [2.45, 2.75) is 6.61 Å². The quantitative estimate of drug-likeness (QED) is 0.554. The molecule has 3 aromatic rings. The highest BCUT2D eigenvalue weighted by molar-refractivity contribution is 7.24. The minimum Gasteiger partial charge on any atom is -0.457 e. The number of ether oxygens (including phenoxy) is 1. The molecule has 0 aliphatic carbocycles. The number of fused-ring (bicyclic) bond motifs is 1. The van der Waals surface area contributed by atoms with Gasteiger partial charge in [0, 0.05) is 20.8 Å². The van der Waals surface area contributed by atoms with Crippen LogP contribution in [-0.4, -0.2) is 5.97 Å². The van der Waals surface area contributed by atoms with Crippen LogP contribution in [0.2, 0.25) is 10.0 Å². The van der Waals surface area contributed by atoms with Crippen molar-refractivity contribution < 1.29 is 13.9 Å². The van der Waals surface area contributed by atoms with Crippen LogP contribution in [0.15, 0.2) is 29.0 Å². The number of benzene rings is 1. The maximum absolute atomic E-state index is 14.0. The molecule has 1 aromatic carbocycles. The van der Waals surface area contributed by atoms with E-state index in [0.717, 1.165) is 16.0 Å². The highest BCUT2D eigenvalue weighted by Gasteiger charge is 2.20. The van der Waals surface area contributed by atoms with E-state index in [-0.39, 0.29) is 11.5 Å². The van der Waals surface area contributed by atoms with Gasteiger partial charge in [-0.15, -0.1) is 11.3 Å². The number of halogens is 3.